The van der Waals surface area contributed by atoms with E-state index in [1.165, 1.54) is 14.2 Å². The summed E-state index contributed by atoms with van der Waals surface area (Å²) in [5.74, 6) is 0.960. The van der Waals surface area contributed by atoms with Gasteiger partial charge in [-0.2, -0.15) is 0 Å². The van der Waals surface area contributed by atoms with Gasteiger partial charge < -0.3 is 14.6 Å². The number of aliphatic hydroxyl groups excluding tert-OH is 1. The minimum Gasteiger partial charge on any atom is -0.496 e. The molecular weight excluding hydrogens is 300 g/mol. The fourth-order valence-corrected chi connectivity index (χ4v) is 3.69. The average molecular weight is 320 g/mol. The summed E-state index contributed by atoms with van der Waals surface area (Å²) < 4.78 is 23.6. The van der Waals surface area contributed by atoms with Gasteiger partial charge in [0.2, 0.25) is 0 Å². The van der Waals surface area contributed by atoms with E-state index in [1.807, 2.05) is 31.2 Å². The van der Waals surface area contributed by atoms with E-state index in [2.05, 4.69) is 0 Å². The van der Waals surface area contributed by atoms with Crippen LogP contribution in [0, 0.1) is 6.92 Å². The Morgan fingerprint density at radius 2 is 1.55 bits per heavy atom. The molecule has 0 amide bonds. The van der Waals surface area contributed by atoms with E-state index >= 15 is 0 Å². The van der Waals surface area contributed by atoms with Gasteiger partial charge in [-0.15, -0.1) is 0 Å². The Morgan fingerprint density at radius 1 is 1.00 bits per heavy atom. The second-order valence-electron chi connectivity index (χ2n) is 4.97. The molecule has 0 aliphatic carbocycles. The number of rotatable bonds is 5. The molecule has 4 nitrogen and oxygen atoms in total. The maximum Gasteiger partial charge on any atom is 0.136 e. The fourth-order valence-electron chi connectivity index (χ4n) is 2.27. The molecule has 5 heteroatoms. The van der Waals surface area contributed by atoms with Crippen LogP contribution >= 0.6 is 0 Å². The molecule has 1 N–H and O–H groups in total. The van der Waals surface area contributed by atoms with Crippen molar-refractivity contribution in [3.63, 3.8) is 0 Å². The molecule has 1 unspecified atom stereocenters. The lowest BCUT2D eigenvalue weighted by Crippen LogP contribution is -2.07. The van der Waals surface area contributed by atoms with Crippen LogP contribution in [0.2, 0.25) is 0 Å². The average Bonchev–Trinajstić information content (AvgIpc) is 2.53. The van der Waals surface area contributed by atoms with Crippen LogP contribution in [0.1, 0.15) is 24.2 Å². The van der Waals surface area contributed by atoms with Crippen LogP contribution < -0.4 is 9.47 Å². The van der Waals surface area contributed by atoms with E-state index in [1.54, 1.807) is 19.1 Å². The molecule has 0 bridgehead atoms. The molecule has 0 spiro atoms. The first-order chi connectivity index (χ1) is 10.5. The first-order valence-corrected chi connectivity index (χ1v) is 8.06. The molecule has 2 atom stereocenters. The highest BCUT2D eigenvalue weighted by Gasteiger charge is 2.24. The summed E-state index contributed by atoms with van der Waals surface area (Å²) in [6, 6.07) is 10.8. The minimum atomic E-state index is -1.48. The first-order valence-electron chi connectivity index (χ1n) is 6.91. The van der Waals surface area contributed by atoms with Crippen molar-refractivity contribution in [2.45, 2.75) is 29.7 Å². The number of aliphatic hydroxyl groups is 1. The standard InChI is InChI=1S/C17H20O4S/c1-11-5-7-13(8-6-11)22(19)17-15(21-4)10-9-14(20-3)16(17)12(2)18/h5-10,12,18H,1-4H3/t12-,22?/m0/s1. The molecule has 0 saturated heterocycles. The second kappa shape index (κ2) is 6.94. The van der Waals surface area contributed by atoms with Crippen LogP contribution in [0.25, 0.3) is 0 Å². The smallest absolute Gasteiger partial charge is 0.136 e. The van der Waals surface area contributed by atoms with Crippen molar-refractivity contribution in [1.29, 1.82) is 0 Å². The Bertz CT molecular complexity index is 678. The van der Waals surface area contributed by atoms with Crippen molar-refractivity contribution in [2.75, 3.05) is 14.2 Å². The summed E-state index contributed by atoms with van der Waals surface area (Å²) in [5, 5.41) is 10.1. The maximum atomic E-state index is 13.0. The normalized spacial score (nSPS) is 13.5. The Morgan fingerprint density at radius 3 is 2.05 bits per heavy atom. The van der Waals surface area contributed by atoms with Gasteiger partial charge in [-0.05, 0) is 38.1 Å². The number of benzene rings is 2. The van der Waals surface area contributed by atoms with E-state index in [0.717, 1.165) is 5.56 Å². The van der Waals surface area contributed by atoms with Crippen molar-refractivity contribution in [3.05, 3.63) is 47.5 Å². The summed E-state index contributed by atoms with van der Waals surface area (Å²) in [6.07, 6.45) is -0.825. The van der Waals surface area contributed by atoms with Crippen LogP contribution in [0.3, 0.4) is 0 Å². The van der Waals surface area contributed by atoms with E-state index in [-0.39, 0.29) is 0 Å². The van der Waals surface area contributed by atoms with Gasteiger partial charge in [0.25, 0.3) is 0 Å². The van der Waals surface area contributed by atoms with Crippen LogP contribution in [-0.2, 0) is 10.8 Å². The molecular formula is C17H20O4S. The lowest BCUT2D eigenvalue weighted by Gasteiger charge is -2.18. The number of hydrogen-bond donors (Lipinski definition) is 1. The predicted octanol–water partition coefficient (Wildman–Crippen LogP) is 3.23. The largest absolute Gasteiger partial charge is 0.496 e. The lowest BCUT2D eigenvalue weighted by atomic mass is 10.1. The third-order valence-electron chi connectivity index (χ3n) is 3.40. The molecule has 0 aliphatic rings. The highest BCUT2D eigenvalue weighted by molar-refractivity contribution is 7.85. The molecule has 2 aromatic rings. The van der Waals surface area contributed by atoms with E-state index in [9.17, 15) is 9.32 Å². The Labute approximate surface area is 133 Å². The van der Waals surface area contributed by atoms with Gasteiger partial charge in [0.15, 0.2) is 0 Å². The van der Waals surface area contributed by atoms with Gasteiger partial charge in [-0.1, -0.05) is 17.7 Å². The van der Waals surface area contributed by atoms with Crippen LogP contribution in [-0.4, -0.2) is 23.5 Å². The molecule has 0 aromatic heterocycles. The van der Waals surface area contributed by atoms with E-state index in [0.29, 0.717) is 26.9 Å². The van der Waals surface area contributed by atoms with E-state index < -0.39 is 16.9 Å². The van der Waals surface area contributed by atoms with E-state index in [4.69, 9.17) is 9.47 Å². The molecule has 0 heterocycles. The van der Waals surface area contributed by atoms with Gasteiger partial charge in [-0.3, -0.25) is 0 Å². The quantitative estimate of drug-likeness (QED) is 0.919. The molecule has 2 aromatic carbocycles. The molecule has 22 heavy (non-hydrogen) atoms. The van der Waals surface area contributed by atoms with Crippen molar-refractivity contribution >= 4 is 10.8 Å². The zero-order valence-electron chi connectivity index (χ0n) is 13.1. The molecule has 0 radical (unpaired) electrons. The molecule has 0 fully saturated rings. The monoisotopic (exact) mass is 320 g/mol. The molecule has 0 saturated carbocycles. The topological polar surface area (TPSA) is 55.8 Å². The molecule has 0 aliphatic heterocycles. The Balaban J connectivity index is 2.65. The predicted molar refractivity (Wildman–Crippen MR) is 86.0 cm³/mol. The Hall–Kier alpha value is -1.85. The van der Waals surface area contributed by atoms with Crippen molar-refractivity contribution in [3.8, 4) is 11.5 Å². The van der Waals surface area contributed by atoms with Crippen LogP contribution in [0.15, 0.2) is 46.2 Å². The zero-order chi connectivity index (χ0) is 16.3. The first kappa shape index (κ1) is 16.5. The summed E-state index contributed by atoms with van der Waals surface area (Å²) in [6.45, 7) is 3.59. The number of aryl methyl sites for hydroxylation is 1. The second-order valence-corrected chi connectivity index (χ2v) is 6.39. The summed E-state index contributed by atoms with van der Waals surface area (Å²) in [5.41, 5.74) is 1.58. The molecule has 118 valence electrons. The van der Waals surface area contributed by atoms with Gasteiger partial charge in [-0.25, -0.2) is 4.21 Å². The van der Waals surface area contributed by atoms with Gasteiger partial charge in [0, 0.05) is 10.5 Å². The van der Waals surface area contributed by atoms with Gasteiger partial charge in [0.05, 0.1) is 36.0 Å². The Kier molecular flexibility index (Phi) is 5.21. The highest BCUT2D eigenvalue weighted by Crippen LogP contribution is 2.39. The van der Waals surface area contributed by atoms with Gasteiger partial charge in [0.1, 0.15) is 11.5 Å². The zero-order valence-corrected chi connectivity index (χ0v) is 13.9. The number of ether oxygens (including phenoxy) is 2. The number of hydrogen-bond acceptors (Lipinski definition) is 4. The number of methoxy groups -OCH3 is 2. The highest BCUT2D eigenvalue weighted by atomic mass is 32.2. The van der Waals surface area contributed by atoms with Gasteiger partial charge >= 0.3 is 0 Å². The molecule has 2 rings (SSSR count). The summed E-state index contributed by atoms with van der Waals surface area (Å²) in [7, 11) is 1.56. The fraction of sp³-hybridized carbons (Fsp3) is 0.294. The van der Waals surface area contributed by atoms with Crippen LogP contribution in [0.4, 0.5) is 0 Å². The lowest BCUT2D eigenvalue weighted by molar-refractivity contribution is 0.190. The third kappa shape index (κ3) is 3.15. The maximum absolute atomic E-state index is 13.0. The summed E-state index contributed by atoms with van der Waals surface area (Å²) in [4.78, 5) is 1.10. The van der Waals surface area contributed by atoms with Crippen LogP contribution in [0.5, 0.6) is 11.5 Å². The van der Waals surface area contributed by atoms with Crippen molar-refractivity contribution < 1.29 is 18.8 Å². The van der Waals surface area contributed by atoms with Crippen molar-refractivity contribution in [2.24, 2.45) is 0 Å². The third-order valence-corrected chi connectivity index (χ3v) is 4.89. The minimum absolute atomic E-state index is 0.445. The van der Waals surface area contributed by atoms with Crippen molar-refractivity contribution in [1.82, 2.24) is 0 Å². The SMILES string of the molecule is COc1ccc(OC)c(S(=O)c2ccc(C)cc2)c1[C@H](C)O. The summed E-state index contributed by atoms with van der Waals surface area (Å²) >= 11 is 0.